The topological polar surface area (TPSA) is 51.8 Å². The third-order valence-electron chi connectivity index (χ3n) is 7.98. The van der Waals surface area contributed by atoms with Crippen LogP contribution in [0.25, 0.3) is 78.2 Å². The first-order valence-electron chi connectivity index (χ1n) is 14.7. The van der Waals surface area contributed by atoms with Gasteiger partial charge in [-0.3, -0.25) is 4.98 Å². The fraction of sp³-hybridized carbons (Fsp3) is 0.0250. The van der Waals surface area contributed by atoms with E-state index in [2.05, 4.69) is 91.0 Å². The molecule has 4 heteroatoms. The van der Waals surface area contributed by atoms with Gasteiger partial charge in [0.2, 0.25) is 0 Å². The zero-order valence-corrected chi connectivity index (χ0v) is 24.1. The molecule has 0 bridgehead atoms. The van der Waals surface area contributed by atoms with Crippen molar-refractivity contribution in [2.24, 2.45) is 0 Å². The van der Waals surface area contributed by atoms with Gasteiger partial charge in [0.05, 0.1) is 17.1 Å². The van der Waals surface area contributed by atoms with Crippen LogP contribution < -0.4 is 0 Å². The number of furan rings is 1. The monoisotopic (exact) mass is 565 g/mol. The fourth-order valence-corrected chi connectivity index (χ4v) is 5.79. The molecule has 208 valence electrons. The molecule has 3 heterocycles. The highest BCUT2D eigenvalue weighted by atomic mass is 16.3. The van der Waals surface area contributed by atoms with E-state index in [9.17, 15) is 0 Å². The van der Waals surface area contributed by atoms with Crippen LogP contribution in [0.2, 0.25) is 0 Å². The Kier molecular flexibility index (Phi) is 6.31. The van der Waals surface area contributed by atoms with Gasteiger partial charge in [-0.2, -0.15) is 0 Å². The minimum atomic E-state index is 0.672. The van der Waals surface area contributed by atoms with Gasteiger partial charge >= 0.3 is 0 Å². The zero-order chi connectivity index (χ0) is 29.5. The van der Waals surface area contributed by atoms with Crippen LogP contribution in [0.3, 0.4) is 0 Å². The molecule has 44 heavy (non-hydrogen) atoms. The van der Waals surface area contributed by atoms with Gasteiger partial charge in [0.1, 0.15) is 11.2 Å². The number of benzene rings is 5. The number of rotatable bonds is 5. The molecule has 5 aromatic carbocycles. The summed E-state index contributed by atoms with van der Waals surface area (Å²) in [6.07, 6.45) is 0. The number of fused-ring (bicyclic) bond motifs is 3. The first-order chi connectivity index (χ1) is 21.7. The lowest BCUT2D eigenvalue weighted by molar-refractivity contribution is 0.669. The highest BCUT2D eigenvalue weighted by molar-refractivity contribution is 6.06. The Morgan fingerprint density at radius 2 is 1.11 bits per heavy atom. The number of nitrogens with zero attached hydrogens (tertiary/aromatic N) is 3. The second-order valence-electron chi connectivity index (χ2n) is 10.9. The maximum absolute atomic E-state index is 6.11. The lowest BCUT2D eigenvalue weighted by atomic mass is 9.98. The van der Waals surface area contributed by atoms with Gasteiger partial charge in [-0.1, -0.05) is 97.1 Å². The first kappa shape index (κ1) is 25.8. The molecular formula is C40H27N3O. The third-order valence-corrected chi connectivity index (χ3v) is 7.98. The molecule has 8 rings (SSSR count). The highest BCUT2D eigenvalue weighted by Crippen LogP contribution is 2.37. The van der Waals surface area contributed by atoms with Crippen LogP contribution in [0.1, 0.15) is 5.69 Å². The Labute approximate surface area is 255 Å². The number of pyridine rings is 1. The van der Waals surface area contributed by atoms with E-state index in [4.69, 9.17) is 19.4 Å². The Morgan fingerprint density at radius 3 is 1.95 bits per heavy atom. The minimum absolute atomic E-state index is 0.672. The maximum Gasteiger partial charge on any atom is 0.160 e. The molecule has 0 unspecified atom stereocenters. The summed E-state index contributed by atoms with van der Waals surface area (Å²) >= 11 is 0. The molecule has 0 spiro atoms. The lowest BCUT2D eigenvalue weighted by Gasteiger charge is -2.13. The maximum atomic E-state index is 6.11. The Balaban J connectivity index is 1.33. The van der Waals surface area contributed by atoms with Crippen molar-refractivity contribution in [3.05, 3.63) is 151 Å². The first-order valence-corrected chi connectivity index (χ1v) is 14.7. The van der Waals surface area contributed by atoms with E-state index in [0.717, 1.165) is 72.5 Å². The summed E-state index contributed by atoms with van der Waals surface area (Å²) in [7, 11) is 0. The van der Waals surface area contributed by atoms with E-state index in [1.165, 1.54) is 5.56 Å². The molecule has 0 amide bonds. The van der Waals surface area contributed by atoms with Crippen molar-refractivity contribution in [1.29, 1.82) is 0 Å². The van der Waals surface area contributed by atoms with Crippen LogP contribution >= 0.6 is 0 Å². The summed E-state index contributed by atoms with van der Waals surface area (Å²) in [6.45, 7) is 2.02. The molecule has 3 aromatic heterocycles. The summed E-state index contributed by atoms with van der Waals surface area (Å²) in [6, 6.07) is 49.8. The van der Waals surface area contributed by atoms with E-state index < -0.39 is 0 Å². The van der Waals surface area contributed by atoms with E-state index >= 15 is 0 Å². The van der Waals surface area contributed by atoms with Crippen LogP contribution in [0.4, 0.5) is 0 Å². The molecule has 8 aromatic rings. The lowest BCUT2D eigenvalue weighted by Crippen LogP contribution is -1.99. The molecule has 0 atom stereocenters. The van der Waals surface area contributed by atoms with Gasteiger partial charge < -0.3 is 4.42 Å². The standard InChI is InChI=1S/C40H27N3O/c1-26-19-21-33(39(41-26)31-20-22-38-34(24-31)32-17-8-9-18-37(32)44-38)36-25-35(42-40(43-36)28-13-6-3-7-14-28)30-16-10-15-29(23-30)27-11-4-2-5-12-27/h2-25H,1H3. The van der Waals surface area contributed by atoms with Crippen LogP contribution in [0.5, 0.6) is 0 Å². The van der Waals surface area contributed by atoms with Crippen molar-refractivity contribution in [2.45, 2.75) is 6.92 Å². The van der Waals surface area contributed by atoms with Gasteiger partial charge in [0.25, 0.3) is 0 Å². The van der Waals surface area contributed by atoms with Crippen LogP contribution in [-0.2, 0) is 0 Å². The smallest absolute Gasteiger partial charge is 0.160 e. The summed E-state index contributed by atoms with van der Waals surface area (Å²) in [5.41, 5.74) is 11.5. The minimum Gasteiger partial charge on any atom is -0.456 e. The van der Waals surface area contributed by atoms with E-state index in [0.29, 0.717) is 5.82 Å². The van der Waals surface area contributed by atoms with Crippen LogP contribution in [-0.4, -0.2) is 15.0 Å². The summed E-state index contributed by atoms with van der Waals surface area (Å²) in [5, 5.41) is 2.16. The second kappa shape index (κ2) is 10.8. The van der Waals surface area contributed by atoms with Crippen molar-refractivity contribution in [3.63, 3.8) is 0 Å². The fourth-order valence-electron chi connectivity index (χ4n) is 5.79. The molecular weight excluding hydrogens is 538 g/mol. The summed E-state index contributed by atoms with van der Waals surface area (Å²) in [4.78, 5) is 15.3. The predicted molar refractivity (Wildman–Crippen MR) is 179 cm³/mol. The van der Waals surface area contributed by atoms with Gasteiger partial charge in [0.15, 0.2) is 5.82 Å². The molecule has 0 aliphatic rings. The number of para-hydroxylation sites is 1. The van der Waals surface area contributed by atoms with Crippen molar-refractivity contribution in [2.75, 3.05) is 0 Å². The molecule has 0 saturated heterocycles. The number of aromatic nitrogens is 3. The highest BCUT2D eigenvalue weighted by Gasteiger charge is 2.17. The average molecular weight is 566 g/mol. The predicted octanol–water partition coefficient (Wildman–Crippen LogP) is 10.4. The number of hydrogen-bond donors (Lipinski definition) is 0. The average Bonchev–Trinajstić information content (AvgIpc) is 3.47. The molecule has 0 saturated carbocycles. The van der Waals surface area contributed by atoms with Crippen molar-refractivity contribution >= 4 is 21.9 Å². The van der Waals surface area contributed by atoms with E-state index in [1.54, 1.807) is 0 Å². The van der Waals surface area contributed by atoms with Gasteiger partial charge in [0, 0.05) is 38.7 Å². The molecule has 0 fully saturated rings. The third kappa shape index (κ3) is 4.73. The summed E-state index contributed by atoms with van der Waals surface area (Å²) < 4.78 is 6.11. The van der Waals surface area contributed by atoms with Crippen molar-refractivity contribution < 1.29 is 4.42 Å². The van der Waals surface area contributed by atoms with Gasteiger partial charge in [-0.25, -0.2) is 9.97 Å². The number of hydrogen-bond acceptors (Lipinski definition) is 4. The molecule has 0 radical (unpaired) electrons. The van der Waals surface area contributed by atoms with Gasteiger partial charge in [-0.05, 0) is 66.6 Å². The van der Waals surface area contributed by atoms with E-state index in [-0.39, 0.29) is 0 Å². The van der Waals surface area contributed by atoms with Crippen molar-refractivity contribution in [3.8, 4) is 56.3 Å². The largest absolute Gasteiger partial charge is 0.456 e. The van der Waals surface area contributed by atoms with E-state index in [1.807, 2.05) is 61.5 Å². The zero-order valence-electron chi connectivity index (χ0n) is 24.1. The van der Waals surface area contributed by atoms with Crippen molar-refractivity contribution in [1.82, 2.24) is 15.0 Å². The SMILES string of the molecule is Cc1ccc(-c2cc(-c3cccc(-c4ccccc4)c3)nc(-c3ccccc3)n2)c(-c2ccc3oc4ccccc4c3c2)n1. The Bertz CT molecular complexity index is 2290. The Hall–Kier alpha value is -5.87. The molecule has 4 nitrogen and oxygen atoms in total. The molecule has 0 aliphatic heterocycles. The summed E-state index contributed by atoms with van der Waals surface area (Å²) in [5.74, 6) is 0.672. The molecule has 0 aliphatic carbocycles. The number of aryl methyl sites for hydroxylation is 1. The molecule has 0 N–H and O–H groups in total. The normalized spacial score (nSPS) is 11.3. The Morgan fingerprint density at radius 1 is 0.432 bits per heavy atom. The quantitative estimate of drug-likeness (QED) is 0.208. The van der Waals surface area contributed by atoms with Crippen LogP contribution in [0.15, 0.2) is 150 Å². The van der Waals surface area contributed by atoms with Crippen LogP contribution in [0, 0.1) is 6.92 Å². The van der Waals surface area contributed by atoms with Gasteiger partial charge in [-0.15, -0.1) is 0 Å². The second-order valence-corrected chi connectivity index (χ2v) is 10.9.